The van der Waals surface area contributed by atoms with Gasteiger partial charge in [0.15, 0.2) is 0 Å². The van der Waals surface area contributed by atoms with Crippen molar-refractivity contribution in [2.24, 2.45) is 5.92 Å². The molecule has 7 heteroatoms. The molecule has 7 nitrogen and oxygen atoms in total. The Hall–Kier alpha value is -2.93. The highest BCUT2D eigenvalue weighted by Gasteiger charge is 2.53. The summed E-state index contributed by atoms with van der Waals surface area (Å²) in [5.74, 6) is 0.511. The lowest BCUT2D eigenvalue weighted by atomic mass is 9.80. The number of carbonyl (C=O) groups is 2. The van der Waals surface area contributed by atoms with Crippen molar-refractivity contribution in [2.75, 3.05) is 26.2 Å². The first-order valence-electron chi connectivity index (χ1n) is 13.9. The Labute approximate surface area is 221 Å². The zero-order chi connectivity index (χ0) is 26.6. The van der Waals surface area contributed by atoms with E-state index in [0.29, 0.717) is 31.7 Å². The summed E-state index contributed by atoms with van der Waals surface area (Å²) in [5.41, 5.74) is 3.64. The van der Waals surface area contributed by atoms with Gasteiger partial charge in [-0.25, -0.2) is 4.68 Å². The Bertz CT molecular complexity index is 1110. The number of hydrogen-bond donors (Lipinski definition) is 1. The van der Waals surface area contributed by atoms with Gasteiger partial charge in [0.2, 0.25) is 11.8 Å². The fourth-order valence-corrected chi connectivity index (χ4v) is 5.79. The zero-order valence-corrected chi connectivity index (χ0v) is 23.2. The molecule has 3 heterocycles. The summed E-state index contributed by atoms with van der Waals surface area (Å²) in [6.45, 7) is 13.6. The number of unbranched alkanes of at least 4 members (excludes halogenated alkanes) is 1. The number of para-hydroxylation sites is 1. The van der Waals surface area contributed by atoms with Gasteiger partial charge in [0.05, 0.1) is 11.4 Å². The molecule has 2 fully saturated rings. The molecule has 4 rings (SSSR count). The minimum Gasteiger partial charge on any atom is -0.342 e. The van der Waals surface area contributed by atoms with E-state index in [-0.39, 0.29) is 17.9 Å². The smallest absolute Gasteiger partial charge is 0.246 e. The minimum atomic E-state index is -0.704. The van der Waals surface area contributed by atoms with Crippen molar-refractivity contribution in [1.82, 2.24) is 24.9 Å². The van der Waals surface area contributed by atoms with Gasteiger partial charge in [0.25, 0.3) is 0 Å². The predicted molar refractivity (Wildman–Crippen MR) is 148 cm³/mol. The first-order valence-corrected chi connectivity index (χ1v) is 13.9. The van der Waals surface area contributed by atoms with Crippen molar-refractivity contribution in [3.05, 3.63) is 53.4 Å². The minimum absolute atomic E-state index is 0.0450. The van der Waals surface area contributed by atoms with Crippen LogP contribution in [0.25, 0.3) is 11.8 Å². The van der Waals surface area contributed by atoms with Crippen LogP contribution in [0.5, 0.6) is 0 Å². The van der Waals surface area contributed by atoms with E-state index in [4.69, 9.17) is 5.10 Å². The van der Waals surface area contributed by atoms with Crippen LogP contribution in [0.15, 0.2) is 36.4 Å². The number of piperazine rings is 1. The van der Waals surface area contributed by atoms with E-state index < -0.39 is 5.54 Å². The highest BCUT2D eigenvalue weighted by Crippen LogP contribution is 2.34. The van der Waals surface area contributed by atoms with Gasteiger partial charge < -0.3 is 10.2 Å². The number of benzene rings is 1. The summed E-state index contributed by atoms with van der Waals surface area (Å²) in [7, 11) is 0. The van der Waals surface area contributed by atoms with E-state index in [0.717, 1.165) is 55.1 Å². The summed E-state index contributed by atoms with van der Waals surface area (Å²) in [5, 5.41) is 7.85. The van der Waals surface area contributed by atoms with Gasteiger partial charge in [-0.2, -0.15) is 5.10 Å². The lowest BCUT2D eigenvalue weighted by Gasteiger charge is -2.51. The third-order valence-corrected chi connectivity index (χ3v) is 7.93. The molecule has 2 aliphatic rings. The molecule has 37 heavy (non-hydrogen) atoms. The van der Waals surface area contributed by atoms with Crippen LogP contribution >= 0.6 is 0 Å². The highest BCUT2D eigenvalue weighted by atomic mass is 16.2. The molecular formula is C30H43N5O2. The molecule has 2 aliphatic heterocycles. The Morgan fingerprint density at radius 1 is 1.14 bits per heavy atom. The molecule has 200 valence electrons. The SMILES string of the molecule is CCCCN1C(=O)[C@H](CC(C)C)NC(=O)C12CCN(CC=Cc1c(C)nn(-c3ccccc3)c1C)CC2. The Balaban J connectivity index is 1.42. The summed E-state index contributed by atoms with van der Waals surface area (Å²) in [4.78, 5) is 31.2. The van der Waals surface area contributed by atoms with E-state index in [1.165, 1.54) is 0 Å². The van der Waals surface area contributed by atoms with Crippen LogP contribution in [-0.2, 0) is 9.59 Å². The average Bonchev–Trinajstić information content (AvgIpc) is 3.17. The highest BCUT2D eigenvalue weighted by molar-refractivity contribution is 6.00. The molecule has 2 aromatic rings. The molecule has 2 amide bonds. The van der Waals surface area contributed by atoms with E-state index in [1.54, 1.807) is 0 Å². The second kappa shape index (κ2) is 11.6. The van der Waals surface area contributed by atoms with Gasteiger partial charge >= 0.3 is 0 Å². The topological polar surface area (TPSA) is 70.5 Å². The largest absolute Gasteiger partial charge is 0.342 e. The predicted octanol–water partition coefficient (Wildman–Crippen LogP) is 4.51. The van der Waals surface area contributed by atoms with Crippen LogP contribution in [0.4, 0.5) is 0 Å². The number of nitrogens with zero attached hydrogens (tertiary/aromatic N) is 4. The summed E-state index contributed by atoms with van der Waals surface area (Å²) in [6.07, 6.45) is 8.36. The number of hydrogen-bond acceptors (Lipinski definition) is 4. The number of piperidine rings is 1. The first kappa shape index (κ1) is 27.1. The quantitative estimate of drug-likeness (QED) is 0.544. The molecule has 1 aromatic carbocycles. The second-order valence-corrected chi connectivity index (χ2v) is 11.1. The van der Waals surface area contributed by atoms with Crippen LogP contribution in [0, 0.1) is 19.8 Å². The molecule has 1 atom stereocenters. The van der Waals surface area contributed by atoms with Crippen molar-refractivity contribution >= 4 is 17.9 Å². The molecule has 0 saturated carbocycles. The average molecular weight is 506 g/mol. The number of likely N-dealkylation sites (tertiary alicyclic amines) is 1. The number of rotatable bonds is 9. The monoisotopic (exact) mass is 505 g/mol. The van der Waals surface area contributed by atoms with Crippen LogP contribution < -0.4 is 5.32 Å². The molecule has 1 N–H and O–H groups in total. The third kappa shape index (κ3) is 5.66. The number of amides is 2. The standard InChI is InChI=1S/C30H43N5O2/c1-6-7-18-34-28(36)27(21-22(2)3)31-29(37)30(34)15-19-33(20-16-30)17-11-14-26-23(4)32-35(24(26)5)25-12-9-8-10-13-25/h8-14,22,27H,6-7,15-21H2,1-5H3,(H,31,37)/t27-/m0/s1. The van der Waals surface area contributed by atoms with Gasteiger partial charge in [-0.05, 0) is 57.6 Å². The maximum Gasteiger partial charge on any atom is 0.246 e. The molecule has 0 unspecified atom stereocenters. The van der Waals surface area contributed by atoms with Crippen molar-refractivity contribution in [1.29, 1.82) is 0 Å². The Kier molecular flexibility index (Phi) is 8.53. The fraction of sp³-hybridized carbons (Fsp3) is 0.567. The molecule has 2 saturated heterocycles. The summed E-state index contributed by atoms with van der Waals surface area (Å²) < 4.78 is 2.00. The van der Waals surface area contributed by atoms with Crippen LogP contribution in [0.1, 0.15) is 69.8 Å². The molecule has 0 radical (unpaired) electrons. The van der Waals surface area contributed by atoms with Crippen LogP contribution in [0.2, 0.25) is 0 Å². The number of aromatic nitrogens is 2. The van der Waals surface area contributed by atoms with Gasteiger partial charge in [0, 0.05) is 37.4 Å². The van der Waals surface area contributed by atoms with Gasteiger partial charge in [-0.15, -0.1) is 0 Å². The molecule has 1 aromatic heterocycles. The maximum absolute atomic E-state index is 13.4. The van der Waals surface area contributed by atoms with Crippen LogP contribution in [0.3, 0.4) is 0 Å². The first-order chi connectivity index (χ1) is 17.8. The van der Waals surface area contributed by atoms with Crippen molar-refractivity contribution in [3.63, 3.8) is 0 Å². The number of aryl methyl sites for hydroxylation is 1. The van der Waals surface area contributed by atoms with Crippen molar-refractivity contribution in [2.45, 2.75) is 78.3 Å². The summed E-state index contributed by atoms with van der Waals surface area (Å²) >= 11 is 0. The third-order valence-electron chi connectivity index (χ3n) is 7.93. The Morgan fingerprint density at radius 2 is 1.84 bits per heavy atom. The lowest BCUT2D eigenvalue weighted by Crippen LogP contribution is -2.73. The summed E-state index contributed by atoms with van der Waals surface area (Å²) in [6, 6.07) is 9.81. The maximum atomic E-state index is 13.4. The van der Waals surface area contributed by atoms with E-state index in [9.17, 15) is 9.59 Å². The second-order valence-electron chi connectivity index (χ2n) is 11.1. The van der Waals surface area contributed by atoms with E-state index >= 15 is 0 Å². The van der Waals surface area contributed by atoms with Gasteiger partial charge in [-0.3, -0.25) is 14.5 Å². The molecule has 0 bridgehead atoms. The van der Waals surface area contributed by atoms with Gasteiger partial charge in [0.1, 0.15) is 11.6 Å². The number of carbonyl (C=O) groups excluding carboxylic acids is 2. The Morgan fingerprint density at radius 3 is 2.49 bits per heavy atom. The molecule has 1 spiro atoms. The molecular weight excluding hydrogens is 462 g/mol. The van der Waals surface area contributed by atoms with Gasteiger partial charge in [-0.1, -0.05) is 57.5 Å². The van der Waals surface area contributed by atoms with Crippen LogP contribution in [-0.4, -0.2) is 69.2 Å². The van der Waals surface area contributed by atoms with E-state index in [1.807, 2.05) is 34.7 Å². The molecule has 0 aliphatic carbocycles. The van der Waals surface area contributed by atoms with E-state index in [2.05, 4.69) is 62.2 Å². The zero-order valence-electron chi connectivity index (χ0n) is 23.2. The van der Waals surface area contributed by atoms with Crippen molar-refractivity contribution in [3.8, 4) is 5.69 Å². The number of nitrogens with one attached hydrogen (secondary N) is 1. The normalized spacial score (nSPS) is 20.4. The lowest BCUT2D eigenvalue weighted by molar-refractivity contribution is -0.161. The van der Waals surface area contributed by atoms with Crippen molar-refractivity contribution < 1.29 is 9.59 Å². The fourth-order valence-electron chi connectivity index (χ4n) is 5.79.